The van der Waals surface area contributed by atoms with Crippen LogP contribution in [0, 0.1) is 45.0 Å². The first-order valence-electron chi connectivity index (χ1n) is 17.1. The van der Waals surface area contributed by atoms with Gasteiger partial charge < -0.3 is 46.5 Å². The Balaban J connectivity index is -0.000000464. The molecule has 4 fully saturated rings. The predicted octanol–water partition coefficient (Wildman–Crippen LogP) is 10.3. The van der Waals surface area contributed by atoms with Gasteiger partial charge in [0.15, 0.2) is 0 Å². The summed E-state index contributed by atoms with van der Waals surface area (Å²) >= 11 is 7.40. The number of rotatable bonds is 8. The van der Waals surface area contributed by atoms with Crippen LogP contribution in [0.4, 0.5) is 0 Å². The van der Waals surface area contributed by atoms with Crippen LogP contribution < -0.4 is 0 Å². The van der Waals surface area contributed by atoms with Gasteiger partial charge in [0.05, 0.1) is 0 Å². The Bertz CT molecular complexity index is 490. The summed E-state index contributed by atoms with van der Waals surface area (Å²) in [4.78, 5) is 0. The van der Waals surface area contributed by atoms with Gasteiger partial charge in [0, 0.05) is 16.5 Å². The zero-order valence-electron chi connectivity index (χ0n) is 28.1. The quantitative estimate of drug-likeness (QED) is 0.145. The number of thiocyanates is 2. The normalized spacial score (nSPS) is 19.0. The molecule has 4 rings (SSSR count). The van der Waals surface area contributed by atoms with Crippen molar-refractivity contribution < 1.29 is 16.5 Å². The van der Waals surface area contributed by atoms with E-state index < -0.39 is 0 Å². The van der Waals surface area contributed by atoms with E-state index in [0.29, 0.717) is 0 Å². The van der Waals surface area contributed by atoms with Crippen LogP contribution >= 0.6 is 0 Å². The molecule has 0 aromatic carbocycles. The minimum atomic E-state index is 0. The molecule has 258 valence electrons. The van der Waals surface area contributed by atoms with Gasteiger partial charge in [-0.3, -0.25) is 0 Å². The molecule has 0 N–H and O–H groups in total. The first kappa shape index (κ1) is 47.2. The van der Waals surface area contributed by atoms with Crippen molar-refractivity contribution in [1.82, 2.24) is 0 Å². The largest absolute Gasteiger partial charge is 0.696 e. The van der Waals surface area contributed by atoms with Gasteiger partial charge >= 0.3 is 0 Å². The van der Waals surface area contributed by atoms with Crippen molar-refractivity contribution in [3.05, 3.63) is 21.3 Å². The molecule has 0 radical (unpaired) electrons. The second-order valence-electron chi connectivity index (χ2n) is 11.8. The van der Waals surface area contributed by atoms with Crippen LogP contribution in [0.3, 0.4) is 0 Å². The number of hydrogen-bond donors (Lipinski definition) is 0. The summed E-state index contributed by atoms with van der Waals surface area (Å²) in [5, 5.41) is 34.2. The Morgan fingerprint density at radius 3 is 0.698 bits per heavy atom. The van der Waals surface area contributed by atoms with E-state index in [1.54, 1.807) is 0 Å². The molecule has 4 heterocycles. The zero-order chi connectivity index (χ0) is 31.5. The molecule has 0 aliphatic carbocycles. The molecule has 43 heavy (non-hydrogen) atoms. The predicted molar refractivity (Wildman–Crippen MR) is 189 cm³/mol. The van der Waals surface area contributed by atoms with E-state index in [4.69, 9.17) is 10.5 Å². The molecule has 4 saturated heterocycles. The second-order valence-corrected chi connectivity index (χ2v) is 12.2. The minimum Gasteiger partial charge on any atom is -0.696 e. The molecule has 0 spiro atoms. The summed E-state index contributed by atoms with van der Waals surface area (Å²) in [6.07, 6.45) is 22.0. The van der Waals surface area contributed by atoms with E-state index >= 15 is 0 Å². The van der Waals surface area contributed by atoms with Gasteiger partial charge in [-0.15, -0.1) is 52.4 Å². The van der Waals surface area contributed by atoms with Crippen molar-refractivity contribution in [3.63, 3.8) is 0 Å². The molecular weight excluding hydrogens is 615 g/mol. The molecule has 4 aliphatic heterocycles. The first-order chi connectivity index (χ1) is 20.6. The average molecular weight is 680 g/mol. The van der Waals surface area contributed by atoms with E-state index in [-0.39, 0.29) is 16.5 Å². The SMILES string of the molecule is CCCC1CC[N-]CC1.CCCC1CC[N-]CC1.CCCC1CC[N-]CC1.CCCC1CC[N-]CC1.N#C[S-].N#C[S-].[Ni]. The number of nitrogens with zero attached hydrogens (tertiary/aromatic N) is 6. The Labute approximate surface area is 289 Å². The molecule has 0 unspecified atom stereocenters. The van der Waals surface area contributed by atoms with E-state index in [9.17, 15) is 0 Å². The zero-order valence-corrected chi connectivity index (χ0v) is 30.7. The summed E-state index contributed by atoms with van der Waals surface area (Å²) in [7, 11) is 0. The Hall–Kier alpha value is -0.246. The van der Waals surface area contributed by atoms with E-state index in [1.807, 2.05) is 0 Å². The third-order valence-electron chi connectivity index (χ3n) is 8.35. The van der Waals surface area contributed by atoms with Gasteiger partial charge in [0.1, 0.15) is 0 Å². The van der Waals surface area contributed by atoms with Crippen LogP contribution in [0.1, 0.15) is 130 Å². The molecule has 0 saturated carbocycles. The fraction of sp³-hybridized carbons (Fsp3) is 0.941. The molecule has 0 amide bonds. The molecule has 9 heteroatoms. The number of nitriles is 2. The van der Waals surface area contributed by atoms with Gasteiger partial charge in [-0.05, 0) is 23.7 Å². The van der Waals surface area contributed by atoms with Crippen LogP contribution in [-0.4, -0.2) is 52.4 Å². The third kappa shape index (κ3) is 34.5. The molecular formula is C34H64N6NiS2-6. The summed E-state index contributed by atoms with van der Waals surface area (Å²) < 4.78 is 0. The molecule has 6 nitrogen and oxygen atoms in total. The van der Waals surface area contributed by atoms with Gasteiger partial charge in [-0.2, -0.15) is 0 Å². The number of hydrogen-bond acceptors (Lipinski definition) is 4. The Kier molecular flexibility index (Phi) is 43.6. The van der Waals surface area contributed by atoms with Gasteiger partial charge in [0.25, 0.3) is 0 Å². The molecule has 0 aromatic heterocycles. The summed E-state index contributed by atoms with van der Waals surface area (Å²) in [5.74, 6) is 4.03. The maximum atomic E-state index is 7.13. The van der Waals surface area contributed by atoms with Crippen molar-refractivity contribution in [3.8, 4) is 10.8 Å². The van der Waals surface area contributed by atoms with Crippen molar-refractivity contribution in [2.75, 3.05) is 52.4 Å². The first-order valence-corrected chi connectivity index (χ1v) is 17.9. The van der Waals surface area contributed by atoms with Crippen LogP contribution in [-0.2, 0) is 41.7 Å². The standard InChI is InChI=1S/4C8H16N.2CHNS.Ni/c4*1-2-3-8-4-6-9-7-5-8;2*2-1-3;/h4*8H,2-7H2,1H3;2*3H;/q4*-1;;;/p-2. The summed E-state index contributed by atoms with van der Waals surface area (Å²) in [6.45, 7) is 18.1. The van der Waals surface area contributed by atoms with E-state index in [0.717, 1.165) is 76.0 Å². The van der Waals surface area contributed by atoms with Crippen molar-refractivity contribution in [2.24, 2.45) is 23.7 Å². The smallest absolute Gasteiger partial charge is 0 e. The molecule has 4 aliphatic rings. The molecule has 0 aromatic rings. The minimum absolute atomic E-state index is 0. The van der Waals surface area contributed by atoms with Gasteiger partial charge in [-0.25, -0.2) is 10.5 Å². The van der Waals surface area contributed by atoms with Crippen LogP contribution in [0.2, 0.25) is 0 Å². The summed E-state index contributed by atoms with van der Waals surface area (Å²) in [5.41, 5.74) is 0. The van der Waals surface area contributed by atoms with Crippen LogP contribution in [0.15, 0.2) is 0 Å². The Morgan fingerprint density at radius 1 is 0.442 bits per heavy atom. The monoisotopic (exact) mass is 678 g/mol. The maximum absolute atomic E-state index is 7.13. The number of piperidine rings is 4. The van der Waals surface area contributed by atoms with Crippen molar-refractivity contribution in [1.29, 1.82) is 10.5 Å². The van der Waals surface area contributed by atoms with Crippen LogP contribution in [0.5, 0.6) is 0 Å². The second kappa shape index (κ2) is 39.8. The molecule has 0 atom stereocenters. The van der Waals surface area contributed by atoms with E-state index in [2.05, 4.69) is 74.2 Å². The Morgan fingerprint density at radius 2 is 0.581 bits per heavy atom. The fourth-order valence-electron chi connectivity index (χ4n) is 6.00. The van der Waals surface area contributed by atoms with Gasteiger partial charge in [-0.1, -0.05) is 141 Å². The van der Waals surface area contributed by atoms with Crippen LogP contribution in [0.25, 0.3) is 21.3 Å². The average Bonchev–Trinajstić information content (AvgIpc) is 3.02. The topological polar surface area (TPSA) is 104 Å². The molecule has 0 bridgehead atoms. The fourth-order valence-corrected chi connectivity index (χ4v) is 6.00. The maximum Gasteiger partial charge on any atom is 0 e. The third-order valence-corrected chi connectivity index (χ3v) is 8.35. The summed E-state index contributed by atoms with van der Waals surface area (Å²) in [6, 6.07) is 0. The van der Waals surface area contributed by atoms with Crippen molar-refractivity contribution in [2.45, 2.75) is 130 Å². The van der Waals surface area contributed by atoms with E-state index in [1.165, 1.54) is 114 Å². The van der Waals surface area contributed by atoms with Crippen molar-refractivity contribution >= 4 is 25.3 Å². The van der Waals surface area contributed by atoms with Gasteiger partial charge in [0.2, 0.25) is 0 Å².